The Morgan fingerprint density at radius 1 is 1.24 bits per heavy atom. The Morgan fingerprint density at radius 2 is 2.12 bits per heavy atom. The van der Waals surface area contributed by atoms with Crippen LogP contribution in [0.25, 0.3) is 10.9 Å². The van der Waals surface area contributed by atoms with Gasteiger partial charge in [0.1, 0.15) is 12.1 Å². The van der Waals surface area contributed by atoms with Gasteiger partial charge in [0, 0.05) is 47.4 Å². The molecule has 4 heterocycles. The second-order valence-electron chi connectivity index (χ2n) is 9.39. The van der Waals surface area contributed by atoms with Crippen LogP contribution in [0.1, 0.15) is 43.6 Å². The average Bonchev–Trinajstić information content (AvgIpc) is 3.23. The molecule has 2 N–H and O–H groups in total. The van der Waals surface area contributed by atoms with Crippen molar-refractivity contribution in [2.45, 2.75) is 45.1 Å². The van der Waals surface area contributed by atoms with Crippen LogP contribution >= 0.6 is 0 Å². The van der Waals surface area contributed by atoms with Gasteiger partial charge < -0.3 is 4.74 Å². The van der Waals surface area contributed by atoms with Crippen molar-refractivity contribution in [3.05, 3.63) is 59.8 Å². The smallest absolute Gasteiger partial charge is 0.331 e. The number of H-pyrrole nitrogens is 1. The van der Waals surface area contributed by atoms with Crippen LogP contribution in [0.4, 0.5) is 10.6 Å². The second-order valence-corrected chi connectivity index (χ2v) is 9.39. The monoisotopic (exact) mass is 457 g/mol. The van der Waals surface area contributed by atoms with Crippen LogP contribution in [0, 0.1) is 0 Å². The van der Waals surface area contributed by atoms with E-state index in [0.717, 1.165) is 66.8 Å². The minimum atomic E-state index is -0.256. The third-order valence-electron chi connectivity index (χ3n) is 7.05. The lowest BCUT2D eigenvalue weighted by Crippen LogP contribution is -2.31. The van der Waals surface area contributed by atoms with E-state index in [9.17, 15) is 4.79 Å². The highest BCUT2D eigenvalue weighted by molar-refractivity contribution is 5.98. The predicted molar refractivity (Wildman–Crippen MR) is 128 cm³/mol. The molecule has 34 heavy (non-hydrogen) atoms. The molecule has 0 saturated heterocycles. The molecule has 1 saturated carbocycles. The van der Waals surface area contributed by atoms with Crippen LogP contribution in [0.2, 0.25) is 0 Å². The number of nitrogens with zero attached hydrogens (tertiary/aromatic N) is 5. The zero-order chi connectivity index (χ0) is 23.3. The number of hydrogen-bond acceptors (Lipinski definition) is 6. The van der Waals surface area contributed by atoms with Gasteiger partial charge in [-0.25, -0.2) is 14.8 Å². The molecule has 1 aliphatic carbocycles. The summed E-state index contributed by atoms with van der Waals surface area (Å²) in [5.74, 6) is 1.82. The fourth-order valence-corrected chi connectivity index (χ4v) is 4.53. The van der Waals surface area contributed by atoms with Gasteiger partial charge in [-0.1, -0.05) is 13.8 Å². The maximum absolute atomic E-state index is 12.9. The Kier molecular flexibility index (Phi) is 4.88. The lowest BCUT2D eigenvalue weighted by Gasteiger charge is -2.27. The van der Waals surface area contributed by atoms with Gasteiger partial charge in [-0.3, -0.25) is 19.9 Å². The molecule has 2 aliphatic rings. The lowest BCUT2D eigenvalue weighted by molar-refractivity contribution is 0.254. The number of amides is 1. The van der Waals surface area contributed by atoms with Crippen molar-refractivity contribution in [2.75, 3.05) is 18.4 Å². The molecule has 0 atom stereocenters. The molecule has 1 amide bonds. The second kappa shape index (κ2) is 7.95. The van der Waals surface area contributed by atoms with E-state index in [4.69, 9.17) is 4.74 Å². The minimum absolute atomic E-state index is 0.171. The first-order valence-corrected chi connectivity index (χ1v) is 11.7. The van der Waals surface area contributed by atoms with Crippen molar-refractivity contribution in [2.24, 2.45) is 0 Å². The molecule has 1 aliphatic heterocycles. The highest BCUT2D eigenvalue weighted by Crippen LogP contribution is 2.47. The van der Waals surface area contributed by atoms with Crippen molar-refractivity contribution in [3.63, 3.8) is 0 Å². The summed E-state index contributed by atoms with van der Waals surface area (Å²) in [5, 5.41) is 11.1. The quantitative estimate of drug-likeness (QED) is 0.459. The maximum Gasteiger partial charge on any atom is 0.331 e. The molecule has 0 radical (unpaired) electrons. The number of aromatic amines is 1. The van der Waals surface area contributed by atoms with Crippen LogP contribution in [-0.4, -0.2) is 48.8 Å². The Morgan fingerprint density at radius 3 is 2.94 bits per heavy atom. The third kappa shape index (κ3) is 3.71. The van der Waals surface area contributed by atoms with E-state index in [1.54, 1.807) is 17.1 Å². The maximum atomic E-state index is 12.9. The molecule has 174 valence electrons. The number of ether oxygens (including phenoxy) is 1. The van der Waals surface area contributed by atoms with Gasteiger partial charge in [-0.15, -0.1) is 0 Å². The van der Waals surface area contributed by atoms with Crippen molar-refractivity contribution in [3.8, 4) is 11.6 Å². The molecule has 9 heteroatoms. The van der Waals surface area contributed by atoms with E-state index < -0.39 is 0 Å². The Labute approximate surface area is 197 Å². The fourth-order valence-electron chi connectivity index (χ4n) is 4.53. The normalized spacial score (nSPS) is 16.9. The summed E-state index contributed by atoms with van der Waals surface area (Å²) in [7, 11) is 0. The van der Waals surface area contributed by atoms with Gasteiger partial charge in [-0.05, 0) is 50.1 Å². The summed E-state index contributed by atoms with van der Waals surface area (Å²) in [5.41, 5.74) is 4.13. The summed E-state index contributed by atoms with van der Waals surface area (Å²) >= 11 is 0. The van der Waals surface area contributed by atoms with E-state index >= 15 is 0 Å². The topological polar surface area (TPSA) is 101 Å². The molecule has 1 fully saturated rings. The van der Waals surface area contributed by atoms with E-state index in [2.05, 4.69) is 44.2 Å². The summed E-state index contributed by atoms with van der Waals surface area (Å²) in [6.45, 7) is 7.15. The minimum Gasteiger partial charge on any atom is -0.439 e. The van der Waals surface area contributed by atoms with Gasteiger partial charge in [0.2, 0.25) is 5.88 Å². The third-order valence-corrected chi connectivity index (χ3v) is 7.05. The summed E-state index contributed by atoms with van der Waals surface area (Å²) in [6, 6.07) is 9.24. The van der Waals surface area contributed by atoms with Crippen LogP contribution in [0.15, 0.2) is 42.9 Å². The number of nitrogens with one attached hydrogen (secondary N) is 2. The zero-order valence-electron chi connectivity index (χ0n) is 19.3. The zero-order valence-corrected chi connectivity index (χ0v) is 19.3. The molecular weight excluding hydrogens is 430 g/mol. The number of carbonyl (C=O) groups excluding carboxylic acids is 1. The van der Waals surface area contributed by atoms with Crippen molar-refractivity contribution < 1.29 is 9.53 Å². The SMILES string of the molecule is CCN1CCc2c(ncnc2Oc2ccc3c(ccn3C(=O)Nc3cc(C4(C)CC4)[nH]n3)c2)C1. The average molecular weight is 458 g/mol. The fraction of sp³-hybridized carbons (Fsp3) is 0.360. The van der Waals surface area contributed by atoms with Crippen molar-refractivity contribution >= 4 is 22.8 Å². The molecule has 1 aromatic carbocycles. The number of hydrogen-bond donors (Lipinski definition) is 2. The first-order chi connectivity index (χ1) is 16.5. The van der Waals surface area contributed by atoms with E-state index in [1.165, 1.54) is 0 Å². The molecule has 6 rings (SSSR count). The number of likely N-dealkylation sites (N-methyl/N-ethyl adjacent to an activating group) is 1. The van der Waals surface area contributed by atoms with Crippen LogP contribution in [-0.2, 0) is 18.4 Å². The van der Waals surface area contributed by atoms with Crippen molar-refractivity contribution in [1.82, 2.24) is 29.6 Å². The molecule has 4 aromatic rings. The standard InChI is InChI=1S/C25H27N7O2/c1-3-31-10-7-18-19(14-31)26-15-27-23(18)34-17-4-5-20-16(12-17)6-11-32(20)24(33)28-22-13-21(29-30-22)25(2)8-9-25/h4-6,11-13,15H,3,7-10,14H2,1-2H3,(H2,28,29,30,33). The summed E-state index contributed by atoms with van der Waals surface area (Å²) in [4.78, 5) is 24.1. The van der Waals surface area contributed by atoms with Crippen molar-refractivity contribution in [1.29, 1.82) is 0 Å². The molecule has 3 aromatic heterocycles. The highest BCUT2D eigenvalue weighted by Gasteiger charge is 2.40. The molecule has 0 unspecified atom stereocenters. The summed E-state index contributed by atoms with van der Waals surface area (Å²) < 4.78 is 7.75. The largest absolute Gasteiger partial charge is 0.439 e. The predicted octanol–water partition coefficient (Wildman–Crippen LogP) is 4.46. The van der Waals surface area contributed by atoms with Gasteiger partial charge in [-0.2, -0.15) is 5.10 Å². The Bertz CT molecular complexity index is 1390. The van der Waals surface area contributed by atoms with Gasteiger partial charge in [0.05, 0.1) is 11.2 Å². The van der Waals surface area contributed by atoms with E-state index in [0.29, 0.717) is 17.4 Å². The molecule has 0 spiro atoms. The lowest BCUT2D eigenvalue weighted by atomic mass is 10.1. The molecule has 9 nitrogen and oxygen atoms in total. The van der Waals surface area contributed by atoms with E-state index in [1.807, 2.05) is 30.3 Å². The first kappa shape index (κ1) is 20.9. The van der Waals surface area contributed by atoms with E-state index in [-0.39, 0.29) is 11.4 Å². The Hall–Kier alpha value is -3.72. The highest BCUT2D eigenvalue weighted by atomic mass is 16.5. The number of fused-ring (bicyclic) bond motifs is 2. The van der Waals surface area contributed by atoms with Crippen LogP contribution in [0.5, 0.6) is 11.6 Å². The Balaban J connectivity index is 1.20. The number of aromatic nitrogens is 5. The summed E-state index contributed by atoms with van der Waals surface area (Å²) in [6.07, 6.45) is 6.48. The number of benzene rings is 1. The number of anilines is 1. The number of rotatable bonds is 5. The van der Waals surface area contributed by atoms with Crippen LogP contribution in [0.3, 0.4) is 0 Å². The molecular formula is C25H27N7O2. The van der Waals surface area contributed by atoms with Gasteiger partial charge in [0.15, 0.2) is 5.82 Å². The van der Waals surface area contributed by atoms with Gasteiger partial charge in [0.25, 0.3) is 0 Å². The first-order valence-electron chi connectivity index (χ1n) is 11.7. The molecule has 0 bridgehead atoms. The number of carbonyl (C=O) groups is 1. The van der Waals surface area contributed by atoms with Crippen LogP contribution < -0.4 is 10.1 Å². The van der Waals surface area contributed by atoms with Gasteiger partial charge >= 0.3 is 6.03 Å².